The van der Waals surface area contributed by atoms with Crippen LogP contribution < -0.4 is 5.32 Å². The molecule has 0 aliphatic carbocycles. The number of benzene rings is 1. The Labute approximate surface area is 178 Å². The Bertz CT molecular complexity index is 758. The van der Waals surface area contributed by atoms with Crippen molar-refractivity contribution in [1.29, 1.82) is 0 Å². The van der Waals surface area contributed by atoms with Crippen LogP contribution in [-0.2, 0) is 25.3 Å². The zero-order chi connectivity index (χ0) is 20.7. The molecule has 162 valence electrons. The fourth-order valence-corrected chi connectivity index (χ4v) is 5.45. The summed E-state index contributed by atoms with van der Waals surface area (Å²) < 4.78 is 32.1. The van der Waals surface area contributed by atoms with Crippen molar-refractivity contribution in [3.05, 3.63) is 34.9 Å². The van der Waals surface area contributed by atoms with E-state index in [9.17, 15) is 13.2 Å². The molecule has 0 saturated carbocycles. The highest BCUT2D eigenvalue weighted by molar-refractivity contribution is 7.88. The van der Waals surface area contributed by atoms with E-state index >= 15 is 0 Å². The maximum atomic E-state index is 12.7. The van der Waals surface area contributed by atoms with Gasteiger partial charge in [-0.3, -0.25) is 9.69 Å². The van der Waals surface area contributed by atoms with Crippen molar-refractivity contribution >= 4 is 27.5 Å². The summed E-state index contributed by atoms with van der Waals surface area (Å²) in [5.41, 5.74) is 0.717. The number of halogens is 1. The number of nitrogens with one attached hydrogen (secondary N) is 1. The van der Waals surface area contributed by atoms with Crippen LogP contribution >= 0.6 is 11.6 Å². The van der Waals surface area contributed by atoms with Gasteiger partial charge in [0.1, 0.15) is 0 Å². The van der Waals surface area contributed by atoms with E-state index in [-0.39, 0.29) is 17.6 Å². The Kier molecular flexibility index (Phi) is 8.32. The van der Waals surface area contributed by atoms with Gasteiger partial charge in [-0.05, 0) is 43.5 Å². The topological polar surface area (TPSA) is 79.0 Å². The van der Waals surface area contributed by atoms with Gasteiger partial charge in [0.15, 0.2) is 0 Å². The lowest BCUT2D eigenvalue weighted by molar-refractivity contribution is -0.126. The van der Waals surface area contributed by atoms with Crippen LogP contribution in [0.25, 0.3) is 0 Å². The number of hydrogen-bond donors (Lipinski definition) is 1. The van der Waals surface area contributed by atoms with Gasteiger partial charge >= 0.3 is 0 Å². The average Bonchev–Trinajstić information content (AvgIpc) is 2.73. The zero-order valence-corrected chi connectivity index (χ0v) is 18.3. The quantitative estimate of drug-likeness (QED) is 0.619. The van der Waals surface area contributed by atoms with Gasteiger partial charge in [-0.25, -0.2) is 12.7 Å². The maximum Gasteiger partial charge on any atom is 0.223 e. The highest BCUT2D eigenvalue weighted by Crippen LogP contribution is 2.22. The van der Waals surface area contributed by atoms with Gasteiger partial charge in [-0.2, -0.15) is 0 Å². The van der Waals surface area contributed by atoms with Crippen molar-refractivity contribution in [2.24, 2.45) is 5.92 Å². The molecule has 0 aromatic heterocycles. The van der Waals surface area contributed by atoms with E-state index in [2.05, 4.69) is 10.2 Å². The number of amides is 1. The fraction of sp³-hybridized carbons (Fsp3) is 0.650. The number of hydrogen-bond acceptors (Lipinski definition) is 5. The van der Waals surface area contributed by atoms with E-state index in [0.29, 0.717) is 37.5 Å². The summed E-state index contributed by atoms with van der Waals surface area (Å²) in [7, 11) is -3.39. The van der Waals surface area contributed by atoms with Gasteiger partial charge in [-0.1, -0.05) is 23.7 Å². The SMILES string of the molecule is O=C(NCCCN1CCOCC1)C1CCN(S(=O)(=O)Cc2ccc(Cl)cc2)CC1. The number of piperidine rings is 1. The molecule has 2 fully saturated rings. The zero-order valence-electron chi connectivity index (χ0n) is 16.7. The summed E-state index contributed by atoms with van der Waals surface area (Å²) in [6.07, 6.45) is 2.05. The lowest BCUT2D eigenvalue weighted by atomic mass is 9.97. The number of morpholine rings is 1. The molecule has 2 aliphatic rings. The smallest absolute Gasteiger partial charge is 0.223 e. The molecule has 3 rings (SSSR count). The summed E-state index contributed by atoms with van der Waals surface area (Å²) in [5.74, 6) is -0.107. The van der Waals surface area contributed by atoms with Crippen molar-refractivity contribution in [3.8, 4) is 0 Å². The van der Waals surface area contributed by atoms with E-state index in [1.165, 1.54) is 4.31 Å². The molecular formula is C20H30ClN3O4S. The summed E-state index contributed by atoms with van der Waals surface area (Å²) >= 11 is 5.86. The predicted molar refractivity (Wildman–Crippen MR) is 113 cm³/mol. The molecule has 1 aromatic carbocycles. The first kappa shape index (κ1) is 22.5. The lowest BCUT2D eigenvalue weighted by Gasteiger charge is -2.30. The summed E-state index contributed by atoms with van der Waals surface area (Å²) in [6.45, 7) is 5.88. The van der Waals surface area contributed by atoms with Crippen molar-refractivity contribution in [1.82, 2.24) is 14.5 Å². The molecule has 2 saturated heterocycles. The van der Waals surface area contributed by atoms with E-state index in [1.807, 2.05) is 0 Å². The highest BCUT2D eigenvalue weighted by atomic mass is 35.5. The first-order chi connectivity index (χ1) is 13.9. The molecule has 0 bridgehead atoms. The summed E-state index contributed by atoms with van der Waals surface area (Å²) in [5, 5.41) is 3.60. The van der Waals surface area contributed by atoms with Gasteiger partial charge < -0.3 is 10.1 Å². The van der Waals surface area contributed by atoms with Crippen LogP contribution in [0.15, 0.2) is 24.3 Å². The second-order valence-corrected chi connectivity index (χ2v) is 10.1. The van der Waals surface area contributed by atoms with E-state index in [0.717, 1.165) is 44.8 Å². The third kappa shape index (κ3) is 6.93. The van der Waals surface area contributed by atoms with Crippen molar-refractivity contribution in [2.75, 3.05) is 52.5 Å². The highest BCUT2D eigenvalue weighted by Gasteiger charge is 2.31. The molecule has 1 N–H and O–H groups in total. The number of ether oxygens (including phenoxy) is 1. The largest absolute Gasteiger partial charge is 0.379 e. The molecule has 0 atom stereocenters. The van der Waals surface area contributed by atoms with Crippen LogP contribution in [0, 0.1) is 5.92 Å². The minimum Gasteiger partial charge on any atom is -0.379 e. The predicted octanol–water partition coefficient (Wildman–Crippen LogP) is 1.72. The van der Waals surface area contributed by atoms with Crippen LogP contribution in [-0.4, -0.2) is 76.0 Å². The molecule has 0 unspecified atom stereocenters. The molecule has 0 spiro atoms. The summed E-state index contributed by atoms with van der Waals surface area (Å²) in [4.78, 5) is 14.8. The fourth-order valence-electron chi connectivity index (χ4n) is 3.76. The number of nitrogens with zero attached hydrogens (tertiary/aromatic N) is 2. The molecule has 2 heterocycles. The molecule has 1 aromatic rings. The number of sulfonamides is 1. The minimum atomic E-state index is -3.39. The van der Waals surface area contributed by atoms with Gasteiger partial charge in [0.05, 0.1) is 19.0 Å². The third-order valence-corrected chi connectivity index (χ3v) is 7.64. The van der Waals surface area contributed by atoms with Crippen molar-refractivity contribution < 1.29 is 17.9 Å². The molecule has 2 aliphatic heterocycles. The van der Waals surface area contributed by atoms with Crippen molar-refractivity contribution in [3.63, 3.8) is 0 Å². The Hall–Kier alpha value is -1.19. The molecule has 7 nitrogen and oxygen atoms in total. The van der Waals surface area contributed by atoms with E-state index in [1.54, 1.807) is 24.3 Å². The number of carbonyl (C=O) groups is 1. The second-order valence-electron chi connectivity index (χ2n) is 7.65. The van der Waals surface area contributed by atoms with Gasteiger partial charge in [0, 0.05) is 43.7 Å². The number of rotatable bonds is 8. The average molecular weight is 444 g/mol. The van der Waals surface area contributed by atoms with Gasteiger partial charge in [-0.15, -0.1) is 0 Å². The molecule has 9 heteroatoms. The molecular weight excluding hydrogens is 414 g/mol. The molecule has 0 radical (unpaired) electrons. The van der Waals surface area contributed by atoms with Crippen LogP contribution in [0.3, 0.4) is 0 Å². The normalized spacial score (nSPS) is 19.9. The van der Waals surface area contributed by atoms with Gasteiger partial charge in [0.2, 0.25) is 15.9 Å². The van der Waals surface area contributed by atoms with Crippen LogP contribution in [0.4, 0.5) is 0 Å². The first-order valence-electron chi connectivity index (χ1n) is 10.2. The standard InChI is InChI=1S/C20H30ClN3O4S/c21-19-4-2-17(3-5-19)16-29(26,27)24-10-6-18(7-11-24)20(25)22-8-1-9-23-12-14-28-15-13-23/h2-5,18H,1,6-16H2,(H,22,25). The van der Waals surface area contributed by atoms with E-state index < -0.39 is 10.0 Å². The first-order valence-corrected chi connectivity index (χ1v) is 12.2. The van der Waals surface area contributed by atoms with Crippen LogP contribution in [0.1, 0.15) is 24.8 Å². The third-order valence-electron chi connectivity index (χ3n) is 5.53. The van der Waals surface area contributed by atoms with Crippen LogP contribution in [0.2, 0.25) is 5.02 Å². The molecule has 29 heavy (non-hydrogen) atoms. The van der Waals surface area contributed by atoms with Crippen molar-refractivity contribution in [2.45, 2.75) is 25.0 Å². The summed E-state index contributed by atoms with van der Waals surface area (Å²) in [6, 6.07) is 6.86. The Morgan fingerprint density at radius 3 is 2.41 bits per heavy atom. The maximum absolute atomic E-state index is 12.7. The minimum absolute atomic E-state index is 0.0391. The van der Waals surface area contributed by atoms with Gasteiger partial charge in [0.25, 0.3) is 0 Å². The Morgan fingerprint density at radius 2 is 1.76 bits per heavy atom. The van der Waals surface area contributed by atoms with E-state index in [4.69, 9.17) is 16.3 Å². The number of carbonyl (C=O) groups excluding carboxylic acids is 1. The van der Waals surface area contributed by atoms with Crippen LogP contribution in [0.5, 0.6) is 0 Å². The lowest BCUT2D eigenvalue weighted by Crippen LogP contribution is -2.44. The Morgan fingerprint density at radius 1 is 1.10 bits per heavy atom. The second kappa shape index (κ2) is 10.7. The molecule has 1 amide bonds. The Balaban J connectivity index is 1.37. The monoisotopic (exact) mass is 443 g/mol.